The number of esters is 1. The fourth-order valence-corrected chi connectivity index (χ4v) is 6.32. The minimum atomic E-state index is -4.35. The van der Waals surface area contributed by atoms with E-state index < -0.39 is 34.2 Å². The molecule has 0 bridgehead atoms. The molecule has 4 aromatic rings. The third-order valence-electron chi connectivity index (χ3n) is 5.83. The number of carbonyl (C=O) groups excluding carboxylic acids is 2. The largest absolute Gasteiger partial charge is 0.459 e. The number of nitrogens with one attached hydrogen (secondary N) is 2. The topological polar surface area (TPSA) is 105 Å². The Morgan fingerprint density at radius 2 is 1.49 bits per heavy atom. The Balaban J connectivity index is 1.74. The van der Waals surface area contributed by atoms with E-state index in [1.54, 1.807) is 57.2 Å². The number of sulfonamides is 1. The number of amides is 2. The van der Waals surface area contributed by atoms with Crippen LogP contribution in [0.15, 0.2) is 89.8 Å². The van der Waals surface area contributed by atoms with Crippen molar-refractivity contribution in [3.05, 3.63) is 101 Å². The van der Waals surface area contributed by atoms with Crippen LogP contribution in [0.3, 0.4) is 0 Å². The van der Waals surface area contributed by atoms with Gasteiger partial charge in [0, 0.05) is 27.4 Å². The fourth-order valence-electron chi connectivity index (χ4n) is 4.16. The van der Waals surface area contributed by atoms with E-state index in [4.69, 9.17) is 27.9 Å². The Morgan fingerprint density at radius 3 is 2.15 bits per heavy atom. The highest BCUT2D eigenvalue weighted by atomic mass is 35.5. The van der Waals surface area contributed by atoms with E-state index in [0.717, 1.165) is 9.87 Å². The standard InChI is InChI=1S/C30H29Cl2N3O5S/c1-30(2,3)40-28(36)19-35(41(38,39)23-16-21(31)15-22(32)17-23)27-14-8-11-24-25(27)12-7-13-26(24)34-29(37)33-18-20-9-5-4-6-10-20/h4-17H,18-19H2,1-3H3,(H2,33,34,37). The van der Waals surface area contributed by atoms with Gasteiger partial charge in [-0.05, 0) is 56.7 Å². The second-order valence-corrected chi connectivity index (χ2v) is 12.9. The average Bonchev–Trinajstić information content (AvgIpc) is 2.89. The molecule has 0 radical (unpaired) electrons. The lowest BCUT2D eigenvalue weighted by molar-refractivity contribution is -0.152. The minimum Gasteiger partial charge on any atom is -0.459 e. The summed E-state index contributed by atoms with van der Waals surface area (Å²) in [6, 6.07) is 23.1. The number of urea groups is 1. The minimum absolute atomic E-state index is 0.124. The number of halogens is 2. The van der Waals surface area contributed by atoms with Gasteiger partial charge in [-0.15, -0.1) is 0 Å². The van der Waals surface area contributed by atoms with Gasteiger partial charge < -0.3 is 15.4 Å². The molecule has 4 aromatic carbocycles. The summed E-state index contributed by atoms with van der Waals surface area (Å²) in [6.07, 6.45) is 0. The maximum absolute atomic E-state index is 14.0. The highest BCUT2D eigenvalue weighted by Crippen LogP contribution is 2.35. The molecule has 2 amide bonds. The van der Waals surface area contributed by atoms with Crippen LogP contribution in [0.5, 0.6) is 0 Å². The quantitative estimate of drug-likeness (QED) is 0.208. The normalized spacial score (nSPS) is 11.6. The fraction of sp³-hybridized carbons (Fsp3) is 0.200. The van der Waals surface area contributed by atoms with Crippen molar-refractivity contribution in [3.63, 3.8) is 0 Å². The molecular weight excluding hydrogens is 585 g/mol. The number of ether oxygens (including phenoxy) is 1. The van der Waals surface area contributed by atoms with E-state index in [-0.39, 0.29) is 20.6 Å². The van der Waals surface area contributed by atoms with Crippen LogP contribution in [0.4, 0.5) is 16.2 Å². The molecule has 0 spiro atoms. The van der Waals surface area contributed by atoms with Crippen molar-refractivity contribution in [1.29, 1.82) is 0 Å². The van der Waals surface area contributed by atoms with Crippen LogP contribution in [-0.2, 0) is 26.1 Å². The molecule has 4 rings (SSSR count). The number of anilines is 2. The highest BCUT2D eigenvalue weighted by Gasteiger charge is 2.31. The molecule has 11 heteroatoms. The van der Waals surface area contributed by atoms with Crippen LogP contribution < -0.4 is 14.9 Å². The SMILES string of the molecule is CC(C)(C)OC(=O)CN(c1cccc2c(NC(=O)NCc3ccccc3)cccc12)S(=O)(=O)c1cc(Cl)cc(Cl)c1. The average molecular weight is 615 g/mol. The maximum Gasteiger partial charge on any atom is 0.327 e. The molecule has 0 aliphatic carbocycles. The van der Waals surface area contributed by atoms with Crippen LogP contribution in [0.2, 0.25) is 10.0 Å². The maximum atomic E-state index is 14.0. The second kappa shape index (κ2) is 12.4. The van der Waals surface area contributed by atoms with Crippen molar-refractivity contribution in [2.75, 3.05) is 16.2 Å². The van der Waals surface area contributed by atoms with Gasteiger partial charge in [0.1, 0.15) is 12.1 Å². The molecule has 0 unspecified atom stereocenters. The van der Waals surface area contributed by atoms with E-state index in [9.17, 15) is 18.0 Å². The first-order chi connectivity index (χ1) is 19.3. The summed E-state index contributed by atoms with van der Waals surface area (Å²) in [7, 11) is -4.35. The zero-order valence-electron chi connectivity index (χ0n) is 22.6. The molecule has 0 aromatic heterocycles. The Kier molecular flexibility index (Phi) is 9.11. The van der Waals surface area contributed by atoms with E-state index in [0.29, 0.717) is 23.0 Å². The van der Waals surface area contributed by atoms with Crippen molar-refractivity contribution in [1.82, 2.24) is 5.32 Å². The molecular formula is C30H29Cl2N3O5S. The van der Waals surface area contributed by atoms with E-state index in [1.165, 1.54) is 18.2 Å². The van der Waals surface area contributed by atoms with Crippen molar-refractivity contribution in [3.8, 4) is 0 Å². The van der Waals surface area contributed by atoms with Gasteiger partial charge in [-0.25, -0.2) is 13.2 Å². The highest BCUT2D eigenvalue weighted by molar-refractivity contribution is 7.93. The number of hydrogen-bond acceptors (Lipinski definition) is 5. The smallest absolute Gasteiger partial charge is 0.327 e. The third-order valence-corrected chi connectivity index (χ3v) is 8.00. The van der Waals surface area contributed by atoms with Crippen molar-refractivity contribution < 1.29 is 22.7 Å². The van der Waals surface area contributed by atoms with Gasteiger partial charge in [-0.1, -0.05) is 77.8 Å². The lowest BCUT2D eigenvalue weighted by Gasteiger charge is -2.27. The number of fused-ring (bicyclic) bond motifs is 1. The van der Waals surface area contributed by atoms with Gasteiger partial charge in [-0.2, -0.15) is 0 Å². The number of nitrogens with zero attached hydrogens (tertiary/aromatic N) is 1. The summed E-state index contributed by atoms with van der Waals surface area (Å²) in [6.45, 7) is 4.79. The number of carbonyl (C=O) groups is 2. The summed E-state index contributed by atoms with van der Waals surface area (Å²) in [5, 5.41) is 6.94. The van der Waals surface area contributed by atoms with Crippen LogP contribution in [-0.4, -0.2) is 32.6 Å². The Labute approximate surface area is 249 Å². The van der Waals surface area contributed by atoms with E-state index >= 15 is 0 Å². The number of benzene rings is 4. The zero-order valence-corrected chi connectivity index (χ0v) is 25.0. The molecule has 0 saturated heterocycles. The van der Waals surface area contributed by atoms with Crippen molar-refractivity contribution >= 4 is 67.4 Å². The van der Waals surface area contributed by atoms with Gasteiger partial charge in [0.05, 0.1) is 16.3 Å². The molecule has 0 atom stereocenters. The molecule has 0 saturated carbocycles. The first-order valence-corrected chi connectivity index (χ1v) is 14.8. The van der Waals surface area contributed by atoms with Crippen molar-refractivity contribution in [2.24, 2.45) is 0 Å². The molecule has 41 heavy (non-hydrogen) atoms. The number of hydrogen-bond donors (Lipinski definition) is 2. The molecule has 2 N–H and O–H groups in total. The predicted octanol–water partition coefficient (Wildman–Crippen LogP) is 7.01. The Morgan fingerprint density at radius 1 is 0.854 bits per heavy atom. The molecule has 0 heterocycles. The summed E-state index contributed by atoms with van der Waals surface area (Å²) < 4.78 is 34.4. The monoisotopic (exact) mass is 613 g/mol. The van der Waals surface area contributed by atoms with Gasteiger partial charge in [0.25, 0.3) is 10.0 Å². The molecule has 0 aliphatic heterocycles. The molecule has 0 fully saturated rings. The predicted molar refractivity (Wildman–Crippen MR) is 163 cm³/mol. The van der Waals surface area contributed by atoms with Crippen LogP contribution in [0, 0.1) is 0 Å². The van der Waals surface area contributed by atoms with Gasteiger partial charge in [0.2, 0.25) is 0 Å². The third kappa shape index (κ3) is 7.70. The first kappa shape index (κ1) is 30.2. The summed E-state index contributed by atoms with van der Waals surface area (Å²) in [5.74, 6) is -0.749. The lowest BCUT2D eigenvalue weighted by Crippen LogP contribution is -2.39. The van der Waals surface area contributed by atoms with Gasteiger partial charge in [0.15, 0.2) is 0 Å². The van der Waals surface area contributed by atoms with Crippen molar-refractivity contribution in [2.45, 2.75) is 37.8 Å². The molecule has 0 aliphatic rings. The lowest BCUT2D eigenvalue weighted by atomic mass is 10.1. The van der Waals surface area contributed by atoms with Crippen LogP contribution >= 0.6 is 23.2 Å². The van der Waals surface area contributed by atoms with Crippen LogP contribution in [0.1, 0.15) is 26.3 Å². The number of rotatable bonds is 8. The summed E-state index contributed by atoms with van der Waals surface area (Å²) in [4.78, 5) is 25.5. The van der Waals surface area contributed by atoms with E-state index in [1.807, 2.05) is 30.3 Å². The van der Waals surface area contributed by atoms with Crippen LogP contribution in [0.25, 0.3) is 10.8 Å². The second-order valence-electron chi connectivity index (χ2n) is 10.2. The van der Waals surface area contributed by atoms with E-state index in [2.05, 4.69) is 10.6 Å². The molecule has 8 nitrogen and oxygen atoms in total. The Hall–Kier alpha value is -3.79. The summed E-state index contributed by atoms with van der Waals surface area (Å²) >= 11 is 12.2. The van der Waals surface area contributed by atoms with Gasteiger partial charge >= 0.3 is 12.0 Å². The Bertz CT molecular complexity index is 1670. The first-order valence-electron chi connectivity index (χ1n) is 12.6. The molecule has 214 valence electrons. The zero-order chi connectivity index (χ0) is 29.8. The van der Waals surface area contributed by atoms with Gasteiger partial charge in [-0.3, -0.25) is 9.10 Å². The summed E-state index contributed by atoms with van der Waals surface area (Å²) in [5.41, 5.74) is 0.759.